The van der Waals surface area contributed by atoms with Crippen LogP contribution < -0.4 is 0 Å². The van der Waals surface area contributed by atoms with Gasteiger partial charge in [0.15, 0.2) is 0 Å². The number of nitrogens with zero attached hydrogens (tertiary/aromatic N) is 2. The summed E-state index contributed by atoms with van der Waals surface area (Å²) in [6.45, 7) is 5.30. The van der Waals surface area contributed by atoms with Gasteiger partial charge in [0.25, 0.3) is 0 Å². The summed E-state index contributed by atoms with van der Waals surface area (Å²) in [5.74, 6) is 2.75. The van der Waals surface area contributed by atoms with Gasteiger partial charge in [0.1, 0.15) is 5.82 Å². The molecule has 3 heteroatoms. The molecular weight excluding hydrogens is 200 g/mol. The summed E-state index contributed by atoms with van der Waals surface area (Å²) in [5.41, 5.74) is 1.31. The van der Waals surface area contributed by atoms with E-state index in [1.165, 1.54) is 17.9 Å². The van der Waals surface area contributed by atoms with E-state index >= 15 is 0 Å². The highest BCUT2D eigenvalue weighted by Crippen LogP contribution is 2.28. The molecule has 0 aromatic carbocycles. The van der Waals surface area contributed by atoms with Crippen LogP contribution in [0.2, 0.25) is 0 Å². The van der Waals surface area contributed by atoms with Gasteiger partial charge < -0.3 is 9.30 Å². The second-order valence-electron chi connectivity index (χ2n) is 5.26. The Hall–Kier alpha value is -0.830. The Morgan fingerprint density at radius 1 is 1.31 bits per heavy atom. The molecule has 2 aliphatic rings. The van der Waals surface area contributed by atoms with Crippen molar-refractivity contribution in [2.45, 2.75) is 45.1 Å². The van der Waals surface area contributed by atoms with Gasteiger partial charge in [-0.3, -0.25) is 0 Å². The summed E-state index contributed by atoms with van der Waals surface area (Å²) in [6, 6.07) is 0. The molecule has 0 amide bonds. The van der Waals surface area contributed by atoms with Crippen LogP contribution in [0.3, 0.4) is 0 Å². The summed E-state index contributed by atoms with van der Waals surface area (Å²) in [4.78, 5) is 4.83. The minimum atomic E-state index is 0.641. The quantitative estimate of drug-likeness (QED) is 0.726. The average molecular weight is 220 g/mol. The molecule has 0 spiro atoms. The molecule has 1 aromatic rings. The summed E-state index contributed by atoms with van der Waals surface area (Å²) < 4.78 is 7.77. The fourth-order valence-corrected chi connectivity index (χ4v) is 2.80. The molecule has 16 heavy (non-hydrogen) atoms. The number of rotatable bonds is 1. The predicted octanol–water partition coefficient (Wildman–Crippen LogP) is 2.36. The zero-order chi connectivity index (χ0) is 11.0. The Labute approximate surface area is 96.8 Å². The SMILES string of the molecule is CC1CCn2cc(C3CCOCC3)nc2C1. The maximum Gasteiger partial charge on any atom is 0.109 e. The lowest BCUT2D eigenvalue weighted by atomic mass is 9.97. The molecule has 88 valence electrons. The third-order valence-electron chi connectivity index (χ3n) is 3.91. The van der Waals surface area contributed by atoms with E-state index in [1.54, 1.807) is 0 Å². The van der Waals surface area contributed by atoms with Gasteiger partial charge in [0.05, 0.1) is 5.69 Å². The fraction of sp³-hybridized carbons (Fsp3) is 0.769. The van der Waals surface area contributed by atoms with Crippen LogP contribution in [-0.4, -0.2) is 22.8 Å². The number of hydrogen-bond acceptors (Lipinski definition) is 2. The second-order valence-corrected chi connectivity index (χ2v) is 5.26. The van der Waals surface area contributed by atoms with Gasteiger partial charge >= 0.3 is 0 Å². The molecule has 1 atom stereocenters. The van der Waals surface area contributed by atoms with Crippen molar-refractivity contribution >= 4 is 0 Å². The van der Waals surface area contributed by atoms with Crippen molar-refractivity contribution in [3.05, 3.63) is 17.7 Å². The third kappa shape index (κ3) is 1.88. The van der Waals surface area contributed by atoms with Crippen LogP contribution in [0.4, 0.5) is 0 Å². The lowest BCUT2D eigenvalue weighted by Gasteiger charge is -2.19. The molecular formula is C13H20N2O. The first-order valence-corrected chi connectivity index (χ1v) is 6.46. The van der Waals surface area contributed by atoms with E-state index in [9.17, 15) is 0 Å². The second kappa shape index (κ2) is 4.21. The molecule has 3 rings (SSSR count). The summed E-state index contributed by atoms with van der Waals surface area (Å²) in [6.07, 6.45) is 7.04. The molecule has 0 aliphatic carbocycles. The van der Waals surface area contributed by atoms with Crippen LogP contribution in [-0.2, 0) is 17.7 Å². The molecule has 1 unspecified atom stereocenters. The lowest BCUT2D eigenvalue weighted by Crippen LogP contribution is -2.16. The van der Waals surface area contributed by atoms with E-state index in [0.29, 0.717) is 5.92 Å². The van der Waals surface area contributed by atoms with E-state index in [1.807, 2.05) is 0 Å². The van der Waals surface area contributed by atoms with Gasteiger partial charge in [0.2, 0.25) is 0 Å². The molecule has 3 heterocycles. The molecule has 2 aliphatic heterocycles. The van der Waals surface area contributed by atoms with Crippen LogP contribution in [0.5, 0.6) is 0 Å². The molecule has 1 saturated heterocycles. The van der Waals surface area contributed by atoms with Crippen molar-refractivity contribution in [3.63, 3.8) is 0 Å². The number of hydrogen-bond donors (Lipinski definition) is 0. The largest absolute Gasteiger partial charge is 0.381 e. The maximum absolute atomic E-state index is 5.41. The Bertz CT molecular complexity index is 366. The van der Waals surface area contributed by atoms with Crippen molar-refractivity contribution in [2.24, 2.45) is 5.92 Å². The molecule has 0 bridgehead atoms. The van der Waals surface area contributed by atoms with E-state index in [4.69, 9.17) is 9.72 Å². The minimum Gasteiger partial charge on any atom is -0.381 e. The maximum atomic E-state index is 5.41. The Kier molecular flexibility index (Phi) is 2.72. The lowest BCUT2D eigenvalue weighted by molar-refractivity contribution is 0.0845. The monoisotopic (exact) mass is 220 g/mol. The van der Waals surface area contributed by atoms with Crippen LogP contribution in [0, 0.1) is 5.92 Å². The van der Waals surface area contributed by atoms with Gasteiger partial charge in [-0.1, -0.05) is 6.92 Å². The molecule has 3 nitrogen and oxygen atoms in total. The van der Waals surface area contributed by atoms with Crippen molar-refractivity contribution in [1.29, 1.82) is 0 Å². The molecule has 0 radical (unpaired) electrons. The van der Waals surface area contributed by atoms with E-state index in [0.717, 1.165) is 44.9 Å². The Morgan fingerprint density at radius 3 is 2.94 bits per heavy atom. The van der Waals surface area contributed by atoms with Crippen molar-refractivity contribution in [2.75, 3.05) is 13.2 Å². The van der Waals surface area contributed by atoms with Crippen molar-refractivity contribution < 1.29 is 4.74 Å². The van der Waals surface area contributed by atoms with Crippen molar-refractivity contribution in [1.82, 2.24) is 9.55 Å². The summed E-state index contributed by atoms with van der Waals surface area (Å²) in [5, 5.41) is 0. The third-order valence-corrected chi connectivity index (χ3v) is 3.91. The van der Waals surface area contributed by atoms with Gasteiger partial charge in [0, 0.05) is 38.3 Å². The standard InChI is InChI=1S/C13H20N2O/c1-10-2-5-15-9-12(14-13(15)8-10)11-3-6-16-7-4-11/h9-11H,2-8H2,1H3. The first-order valence-electron chi connectivity index (χ1n) is 6.46. The zero-order valence-electron chi connectivity index (χ0n) is 9.98. The van der Waals surface area contributed by atoms with Crippen LogP contribution in [0.1, 0.15) is 43.6 Å². The molecule has 1 aromatic heterocycles. The highest BCUT2D eigenvalue weighted by Gasteiger charge is 2.22. The minimum absolute atomic E-state index is 0.641. The van der Waals surface area contributed by atoms with Gasteiger partial charge in [-0.15, -0.1) is 0 Å². The van der Waals surface area contributed by atoms with Gasteiger partial charge in [-0.25, -0.2) is 4.98 Å². The fourth-order valence-electron chi connectivity index (χ4n) is 2.80. The van der Waals surface area contributed by atoms with Crippen molar-refractivity contribution in [3.8, 4) is 0 Å². The normalized spacial score (nSPS) is 26.7. The van der Waals surface area contributed by atoms with Gasteiger partial charge in [-0.2, -0.15) is 0 Å². The molecule has 0 N–H and O–H groups in total. The first-order chi connectivity index (χ1) is 7.83. The summed E-state index contributed by atoms with van der Waals surface area (Å²) in [7, 11) is 0. The van der Waals surface area contributed by atoms with Gasteiger partial charge in [-0.05, 0) is 25.2 Å². The van der Waals surface area contributed by atoms with E-state index in [-0.39, 0.29) is 0 Å². The van der Waals surface area contributed by atoms with Crippen LogP contribution in [0.25, 0.3) is 0 Å². The van der Waals surface area contributed by atoms with E-state index < -0.39 is 0 Å². The highest BCUT2D eigenvalue weighted by molar-refractivity contribution is 5.12. The molecule has 0 saturated carbocycles. The average Bonchev–Trinajstić information content (AvgIpc) is 2.73. The number of aromatic nitrogens is 2. The smallest absolute Gasteiger partial charge is 0.109 e. The number of ether oxygens (including phenoxy) is 1. The zero-order valence-corrected chi connectivity index (χ0v) is 9.98. The number of fused-ring (bicyclic) bond motifs is 1. The first kappa shape index (κ1) is 10.3. The van der Waals surface area contributed by atoms with E-state index in [2.05, 4.69) is 17.7 Å². The Morgan fingerprint density at radius 2 is 2.12 bits per heavy atom. The predicted molar refractivity (Wildman–Crippen MR) is 62.5 cm³/mol. The van der Waals surface area contributed by atoms with Crippen LogP contribution >= 0.6 is 0 Å². The Balaban J connectivity index is 1.80. The number of aryl methyl sites for hydroxylation is 1. The number of imidazole rings is 1. The highest BCUT2D eigenvalue weighted by atomic mass is 16.5. The van der Waals surface area contributed by atoms with Crippen LogP contribution in [0.15, 0.2) is 6.20 Å². The summed E-state index contributed by atoms with van der Waals surface area (Å²) >= 11 is 0. The topological polar surface area (TPSA) is 27.1 Å². The molecule has 1 fully saturated rings.